The molecule has 0 atom stereocenters. The summed E-state index contributed by atoms with van der Waals surface area (Å²) in [6.07, 6.45) is 5.05. The van der Waals surface area contributed by atoms with Gasteiger partial charge in [0.1, 0.15) is 12.4 Å². The molecule has 0 N–H and O–H groups in total. The number of terminal acetylenes is 1. The number of hydrogen-bond donors (Lipinski definition) is 0. The van der Waals surface area contributed by atoms with Crippen molar-refractivity contribution in [1.82, 2.24) is 0 Å². The van der Waals surface area contributed by atoms with Crippen LogP contribution in [0.3, 0.4) is 0 Å². The van der Waals surface area contributed by atoms with Crippen LogP contribution >= 0.6 is 23.2 Å². The highest BCUT2D eigenvalue weighted by molar-refractivity contribution is 6.35. The van der Waals surface area contributed by atoms with Crippen LogP contribution in [-0.2, 0) is 0 Å². The molecule has 0 fully saturated rings. The molecule has 1 aromatic rings. The lowest BCUT2D eigenvalue weighted by Crippen LogP contribution is -1.94. The van der Waals surface area contributed by atoms with Crippen molar-refractivity contribution in [3.8, 4) is 18.1 Å². The molecule has 0 saturated heterocycles. The van der Waals surface area contributed by atoms with Gasteiger partial charge in [0.2, 0.25) is 0 Å². The zero-order chi connectivity index (χ0) is 9.84. The molecule has 1 aromatic carbocycles. The van der Waals surface area contributed by atoms with Gasteiger partial charge in [-0.3, -0.25) is 0 Å². The van der Waals surface area contributed by atoms with E-state index in [9.17, 15) is 0 Å². The molecule has 3 heteroatoms. The van der Waals surface area contributed by atoms with Gasteiger partial charge in [-0.1, -0.05) is 29.1 Å². The molecule has 0 bridgehead atoms. The largest absolute Gasteiger partial charge is 0.479 e. The van der Waals surface area contributed by atoms with Crippen molar-refractivity contribution in [2.75, 3.05) is 6.61 Å². The maximum absolute atomic E-state index is 5.86. The normalized spacial score (nSPS) is 9.38. The zero-order valence-corrected chi connectivity index (χ0v) is 8.62. The molecule has 0 amide bonds. The molecule has 13 heavy (non-hydrogen) atoms. The molecule has 0 unspecified atom stereocenters. The van der Waals surface area contributed by atoms with Crippen LogP contribution in [0.15, 0.2) is 12.1 Å². The fraction of sp³-hybridized carbons (Fsp3) is 0.200. The number of ether oxygens (including phenoxy) is 1. The molecule has 68 valence electrons. The average molecular weight is 215 g/mol. The van der Waals surface area contributed by atoms with Gasteiger partial charge in [0, 0.05) is 5.02 Å². The first kappa shape index (κ1) is 10.2. The number of rotatable bonds is 2. The molecule has 0 heterocycles. The van der Waals surface area contributed by atoms with Gasteiger partial charge in [0.25, 0.3) is 0 Å². The Morgan fingerprint density at radius 3 is 2.69 bits per heavy atom. The Hall–Kier alpha value is -0.840. The Bertz CT molecular complexity index is 353. The molecule has 0 radical (unpaired) electrons. The second-order valence-corrected chi connectivity index (χ2v) is 3.34. The lowest BCUT2D eigenvalue weighted by atomic mass is 10.2. The van der Waals surface area contributed by atoms with Gasteiger partial charge in [-0.25, -0.2) is 0 Å². The third kappa shape index (κ3) is 2.55. The topological polar surface area (TPSA) is 9.23 Å². The minimum atomic E-state index is 0.209. The first-order valence-electron chi connectivity index (χ1n) is 3.67. The number of benzene rings is 1. The van der Waals surface area contributed by atoms with Gasteiger partial charge in [0.15, 0.2) is 0 Å². The van der Waals surface area contributed by atoms with Crippen LogP contribution in [0.1, 0.15) is 5.56 Å². The maximum atomic E-state index is 5.86. The molecule has 1 rings (SSSR count). The Kier molecular flexibility index (Phi) is 3.48. The van der Waals surface area contributed by atoms with Crippen LogP contribution in [0, 0.1) is 19.3 Å². The van der Waals surface area contributed by atoms with E-state index in [1.165, 1.54) is 0 Å². The van der Waals surface area contributed by atoms with Gasteiger partial charge in [-0.05, 0) is 24.6 Å². The molecule has 0 aliphatic rings. The molecule has 0 aliphatic heterocycles. The summed E-state index contributed by atoms with van der Waals surface area (Å²) in [4.78, 5) is 0. The van der Waals surface area contributed by atoms with E-state index < -0.39 is 0 Å². The molecule has 0 aromatic heterocycles. The third-order valence-corrected chi connectivity index (χ3v) is 2.23. The summed E-state index contributed by atoms with van der Waals surface area (Å²) < 4.78 is 5.20. The van der Waals surface area contributed by atoms with Crippen LogP contribution in [0.5, 0.6) is 5.75 Å². The van der Waals surface area contributed by atoms with Gasteiger partial charge >= 0.3 is 0 Å². The van der Waals surface area contributed by atoms with Crippen molar-refractivity contribution in [2.24, 2.45) is 0 Å². The number of hydrogen-bond acceptors (Lipinski definition) is 1. The minimum Gasteiger partial charge on any atom is -0.479 e. The number of aryl methyl sites for hydroxylation is 1. The Morgan fingerprint density at radius 2 is 2.08 bits per heavy atom. The maximum Gasteiger partial charge on any atom is 0.148 e. The van der Waals surface area contributed by atoms with Gasteiger partial charge in [-0.15, -0.1) is 6.42 Å². The van der Waals surface area contributed by atoms with E-state index in [1.54, 1.807) is 12.1 Å². The van der Waals surface area contributed by atoms with E-state index >= 15 is 0 Å². The Labute approximate surface area is 87.6 Å². The summed E-state index contributed by atoms with van der Waals surface area (Å²) in [6.45, 7) is 2.09. The summed E-state index contributed by atoms with van der Waals surface area (Å²) in [7, 11) is 0. The molecule has 1 nitrogen and oxygen atoms in total. The van der Waals surface area contributed by atoms with Crippen molar-refractivity contribution >= 4 is 23.2 Å². The summed E-state index contributed by atoms with van der Waals surface area (Å²) in [5.41, 5.74) is 0.915. The predicted octanol–water partition coefficient (Wildman–Crippen LogP) is 3.31. The van der Waals surface area contributed by atoms with Gasteiger partial charge in [-0.2, -0.15) is 0 Å². The summed E-state index contributed by atoms with van der Waals surface area (Å²) >= 11 is 11.7. The minimum absolute atomic E-state index is 0.209. The van der Waals surface area contributed by atoms with Crippen LogP contribution in [0.25, 0.3) is 0 Å². The van der Waals surface area contributed by atoms with E-state index in [0.717, 1.165) is 5.56 Å². The lowest BCUT2D eigenvalue weighted by molar-refractivity contribution is 0.370. The highest BCUT2D eigenvalue weighted by Gasteiger charge is 2.04. The zero-order valence-electron chi connectivity index (χ0n) is 7.10. The monoisotopic (exact) mass is 214 g/mol. The van der Waals surface area contributed by atoms with E-state index in [4.69, 9.17) is 34.4 Å². The first-order valence-corrected chi connectivity index (χ1v) is 4.42. The molecule has 0 saturated carbocycles. The quantitative estimate of drug-likeness (QED) is 0.687. The molecular weight excluding hydrogens is 207 g/mol. The molecule has 0 spiro atoms. The first-order chi connectivity index (χ1) is 6.15. The van der Waals surface area contributed by atoms with Crippen molar-refractivity contribution in [1.29, 1.82) is 0 Å². The second kappa shape index (κ2) is 4.41. The SMILES string of the molecule is C#CCOc1cc(C)c(Cl)cc1Cl. The summed E-state index contributed by atoms with van der Waals surface area (Å²) in [5.74, 6) is 2.93. The van der Waals surface area contributed by atoms with Crippen LogP contribution in [0.2, 0.25) is 10.0 Å². The van der Waals surface area contributed by atoms with Crippen molar-refractivity contribution in [2.45, 2.75) is 6.92 Å². The van der Waals surface area contributed by atoms with Crippen LogP contribution in [-0.4, -0.2) is 6.61 Å². The average Bonchev–Trinajstić information content (AvgIpc) is 2.09. The van der Waals surface area contributed by atoms with Gasteiger partial charge in [0.05, 0.1) is 5.02 Å². The Morgan fingerprint density at radius 1 is 1.38 bits per heavy atom. The second-order valence-electron chi connectivity index (χ2n) is 2.52. The van der Waals surface area contributed by atoms with E-state index in [2.05, 4.69) is 5.92 Å². The third-order valence-electron chi connectivity index (χ3n) is 1.52. The smallest absolute Gasteiger partial charge is 0.148 e. The fourth-order valence-electron chi connectivity index (χ4n) is 0.861. The fourth-order valence-corrected chi connectivity index (χ4v) is 1.30. The predicted molar refractivity (Wildman–Crippen MR) is 55.5 cm³/mol. The molecule has 0 aliphatic carbocycles. The highest BCUT2D eigenvalue weighted by atomic mass is 35.5. The standard InChI is InChI=1S/C10H8Cl2O/c1-3-4-13-10-5-7(2)8(11)6-9(10)12/h1,5-6H,4H2,2H3. The van der Waals surface area contributed by atoms with E-state index in [1.807, 2.05) is 6.92 Å². The van der Waals surface area contributed by atoms with Gasteiger partial charge < -0.3 is 4.74 Å². The molecular formula is C10H8Cl2O. The van der Waals surface area contributed by atoms with Crippen molar-refractivity contribution < 1.29 is 4.74 Å². The Balaban J connectivity index is 2.96. The number of halogens is 2. The van der Waals surface area contributed by atoms with Crippen molar-refractivity contribution in [3.05, 3.63) is 27.7 Å². The summed E-state index contributed by atoms with van der Waals surface area (Å²) in [5, 5.41) is 1.10. The van der Waals surface area contributed by atoms with E-state index in [0.29, 0.717) is 15.8 Å². The van der Waals surface area contributed by atoms with Crippen LogP contribution in [0.4, 0.5) is 0 Å². The highest BCUT2D eigenvalue weighted by Crippen LogP contribution is 2.30. The van der Waals surface area contributed by atoms with Crippen molar-refractivity contribution in [3.63, 3.8) is 0 Å². The van der Waals surface area contributed by atoms with Crippen LogP contribution < -0.4 is 4.74 Å². The summed E-state index contributed by atoms with van der Waals surface area (Å²) in [6, 6.07) is 3.41. The lowest BCUT2D eigenvalue weighted by Gasteiger charge is -2.06. The van der Waals surface area contributed by atoms with E-state index in [-0.39, 0.29) is 6.61 Å².